The van der Waals surface area contributed by atoms with E-state index in [-0.39, 0.29) is 6.61 Å². The topological polar surface area (TPSA) is 59.7 Å². The molecule has 0 spiro atoms. The highest BCUT2D eigenvalue weighted by atomic mass is 35.5. The molecule has 0 saturated heterocycles. The molecule has 0 aliphatic heterocycles. The van der Waals surface area contributed by atoms with Crippen molar-refractivity contribution in [2.24, 2.45) is 0 Å². The van der Waals surface area contributed by atoms with E-state index in [1.807, 2.05) is 30.1 Å². The lowest BCUT2D eigenvalue weighted by Gasteiger charge is -2.20. The number of carbonyl (C=O) groups excluding carboxylic acids is 1. The van der Waals surface area contributed by atoms with Gasteiger partial charge in [0.15, 0.2) is 5.65 Å². The number of esters is 1. The van der Waals surface area contributed by atoms with Gasteiger partial charge in [-0.1, -0.05) is 41.9 Å². The second-order valence-corrected chi connectivity index (χ2v) is 6.08. The van der Waals surface area contributed by atoms with Crippen molar-refractivity contribution >= 4 is 29.0 Å². The fourth-order valence-corrected chi connectivity index (χ4v) is 2.91. The molecule has 0 aliphatic rings. The van der Waals surface area contributed by atoms with E-state index in [2.05, 4.69) is 22.2 Å². The van der Waals surface area contributed by atoms with Crippen molar-refractivity contribution in [3.63, 3.8) is 0 Å². The molecule has 130 valence electrons. The minimum Gasteiger partial charge on any atom is -0.462 e. The zero-order valence-corrected chi connectivity index (χ0v) is 15.1. The molecule has 2 aromatic heterocycles. The number of ether oxygens (including phenoxy) is 1. The second-order valence-electron chi connectivity index (χ2n) is 5.70. The standard InChI is InChI=1S/C18H19ClN4O2/c1-4-25-18(24)16-12(2)21-23-15(10-14(19)20-17(16)23)22(3)11-13-8-6-5-7-9-13/h5-10H,4,11H2,1-3H3. The summed E-state index contributed by atoms with van der Waals surface area (Å²) in [5.74, 6) is 0.305. The van der Waals surface area contributed by atoms with Gasteiger partial charge >= 0.3 is 5.97 Å². The van der Waals surface area contributed by atoms with Crippen molar-refractivity contribution in [2.75, 3.05) is 18.6 Å². The van der Waals surface area contributed by atoms with Crippen LogP contribution in [0, 0.1) is 6.92 Å². The molecule has 0 unspecified atom stereocenters. The van der Waals surface area contributed by atoms with Gasteiger partial charge in [-0.15, -0.1) is 0 Å². The normalized spacial score (nSPS) is 10.9. The number of nitrogens with zero attached hydrogens (tertiary/aromatic N) is 4. The molecular weight excluding hydrogens is 340 g/mol. The van der Waals surface area contributed by atoms with E-state index in [1.165, 1.54) is 0 Å². The highest BCUT2D eigenvalue weighted by molar-refractivity contribution is 6.29. The van der Waals surface area contributed by atoms with Gasteiger partial charge in [0, 0.05) is 19.7 Å². The van der Waals surface area contributed by atoms with Crippen LogP contribution in [0.3, 0.4) is 0 Å². The summed E-state index contributed by atoms with van der Waals surface area (Å²) in [5, 5.41) is 4.77. The third-order valence-electron chi connectivity index (χ3n) is 3.85. The molecule has 0 atom stereocenters. The summed E-state index contributed by atoms with van der Waals surface area (Å²) in [6.45, 7) is 4.48. The third-order valence-corrected chi connectivity index (χ3v) is 4.04. The first-order valence-corrected chi connectivity index (χ1v) is 8.37. The molecule has 25 heavy (non-hydrogen) atoms. The van der Waals surface area contributed by atoms with Crippen molar-refractivity contribution in [1.29, 1.82) is 0 Å². The van der Waals surface area contributed by atoms with Gasteiger partial charge in [0.2, 0.25) is 0 Å². The Hall–Kier alpha value is -2.60. The van der Waals surface area contributed by atoms with E-state index in [1.54, 1.807) is 24.4 Å². The predicted molar refractivity (Wildman–Crippen MR) is 97.2 cm³/mol. The zero-order valence-electron chi connectivity index (χ0n) is 14.4. The summed E-state index contributed by atoms with van der Waals surface area (Å²) in [6, 6.07) is 11.8. The molecule has 0 radical (unpaired) electrons. The lowest BCUT2D eigenvalue weighted by Crippen LogP contribution is -2.20. The number of benzene rings is 1. The Balaban J connectivity index is 2.07. The molecule has 0 bridgehead atoms. The highest BCUT2D eigenvalue weighted by Crippen LogP contribution is 2.25. The van der Waals surface area contributed by atoms with Crippen LogP contribution >= 0.6 is 11.6 Å². The number of fused-ring (bicyclic) bond motifs is 1. The van der Waals surface area contributed by atoms with Crippen molar-refractivity contribution in [3.05, 3.63) is 58.4 Å². The largest absolute Gasteiger partial charge is 0.462 e. The van der Waals surface area contributed by atoms with Crippen LogP contribution in [0.5, 0.6) is 0 Å². The first-order valence-electron chi connectivity index (χ1n) is 7.99. The number of carbonyl (C=O) groups is 1. The molecule has 0 aliphatic carbocycles. The number of rotatable bonds is 5. The summed E-state index contributed by atoms with van der Waals surface area (Å²) < 4.78 is 6.76. The van der Waals surface area contributed by atoms with Crippen molar-refractivity contribution in [2.45, 2.75) is 20.4 Å². The monoisotopic (exact) mass is 358 g/mol. The van der Waals surface area contributed by atoms with Crippen LogP contribution < -0.4 is 4.90 Å². The first-order chi connectivity index (χ1) is 12.0. The Bertz CT molecular complexity index is 908. The summed E-state index contributed by atoms with van der Waals surface area (Å²) >= 11 is 6.20. The minimum absolute atomic E-state index is 0.289. The maximum atomic E-state index is 12.3. The number of hydrogen-bond donors (Lipinski definition) is 0. The second kappa shape index (κ2) is 7.11. The molecule has 0 amide bonds. The lowest BCUT2D eigenvalue weighted by atomic mass is 10.2. The van der Waals surface area contributed by atoms with Gasteiger partial charge in [-0.2, -0.15) is 9.61 Å². The van der Waals surface area contributed by atoms with E-state index < -0.39 is 5.97 Å². The van der Waals surface area contributed by atoms with Gasteiger partial charge in [0.1, 0.15) is 16.5 Å². The van der Waals surface area contributed by atoms with Crippen molar-refractivity contribution in [3.8, 4) is 0 Å². The summed E-state index contributed by atoms with van der Waals surface area (Å²) in [6.07, 6.45) is 0. The highest BCUT2D eigenvalue weighted by Gasteiger charge is 2.22. The molecule has 3 rings (SSSR count). The van der Waals surface area contributed by atoms with Gasteiger partial charge in [-0.05, 0) is 19.4 Å². The Kier molecular flexibility index (Phi) is 4.90. The van der Waals surface area contributed by atoms with Crippen LogP contribution in [0.1, 0.15) is 28.5 Å². The Morgan fingerprint density at radius 2 is 2.04 bits per heavy atom. The molecule has 7 heteroatoms. The average molecular weight is 359 g/mol. The predicted octanol–water partition coefficient (Wildman–Crippen LogP) is 3.50. The van der Waals surface area contributed by atoms with Gasteiger partial charge in [0.25, 0.3) is 0 Å². The molecule has 3 aromatic rings. The SMILES string of the molecule is CCOC(=O)c1c(C)nn2c(N(C)Cc3ccccc3)cc(Cl)nc12. The fourth-order valence-electron chi connectivity index (χ4n) is 2.73. The number of anilines is 1. The number of halogens is 1. The van der Waals surface area contributed by atoms with Crippen LogP contribution in [0.25, 0.3) is 5.65 Å². The van der Waals surface area contributed by atoms with Crippen molar-refractivity contribution < 1.29 is 9.53 Å². The van der Waals surface area contributed by atoms with E-state index >= 15 is 0 Å². The van der Waals surface area contributed by atoms with Gasteiger partial charge < -0.3 is 9.64 Å². The minimum atomic E-state index is -0.443. The number of hydrogen-bond acceptors (Lipinski definition) is 5. The van der Waals surface area contributed by atoms with Crippen LogP contribution in [0.2, 0.25) is 5.15 Å². The molecule has 0 N–H and O–H groups in total. The molecule has 6 nitrogen and oxygen atoms in total. The number of aromatic nitrogens is 3. The maximum absolute atomic E-state index is 12.3. The Labute approximate surface area is 151 Å². The Morgan fingerprint density at radius 3 is 2.72 bits per heavy atom. The van der Waals surface area contributed by atoms with E-state index in [0.29, 0.717) is 28.6 Å². The zero-order chi connectivity index (χ0) is 18.0. The molecular formula is C18H19ClN4O2. The maximum Gasteiger partial charge on any atom is 0.343 e. The fraction of sp³-hybridized carbons (Fsp3) is 0.278. The average Bonchev–Trinajstić information content (AvgIpc) is 2.91. The molecule has 0 saturated carbocycles. The molecule has 0 fully saturated rings. The van der Waals surface area contributed by atoms with Crippen molar-refractivity contribution in [1.82, 2.24) is 14.6 Å². The first kappa shape index (κ1) is 17.2. The van der Waals surface area contributed by atoms with Crippen LogP contribution in [-0.4, -0.2) is 34.2 Å². The third kappa shape index (κ3) is 3.44. The number of aryl methyl sites for hydroxylation is 1. The van der Waals surface area contributed by atoms with E-state index in [4.69, 9.17) is 16.3 Å². The molecule has 2 heterocycles. The summed E-state index contributed by atoms with van der Waals surface area (Å²) in [5.41, 5.74) is 2.46. The van der Waals surface area contributed by atoms with Crippen LogP contribution in [-0.2, 0) is 11.3 Å². The lowest BCUT2D eigenvalue weighted by molar-refractivity contribution is 0.0527. The van der Waals surface area contributed by atoms with E-state index in [0.717, 1.165) is 11.4 Å². The smallest absolute Gasteiger partial charge is 0.343 e. The van der Waals surface area contributed by atoms with Crippen LogP contribution in [0.4, 0.5) is 5.82 Å². The Morgan fingerprint density at radius 1 is 1.32 bits per heavy atom. The van der Waals surface area contributed by atoms with Gasteiger partial charge in [0.05, 0.1) is 12.3 Å². The summed E-state index contributed by atoms with van der Waals surface area (Å²) in [4.78, 5) is 18.6. The summed E-state index contributed by atoms with van der Waals surface area (Å²) in [7, 11) is 1.94. The van der Waals surface area contributed by atoms with Gasteiger partial charge in [-0.25, -0.2) is 9.78 Å². The van der Waals surface area contributed by atoms with Gasteiger partial charge in [-0.3, -0.25) is 0 Å². The van der Waals surface area contributed by atoms with Crippen LogP contribution in [0.15, 0.2) is 36.4 Å². The quantitative estimate of drug-likeness (QED) is 0.516. The molecule has 1 aromatic carbocycles. The van der Waals surface area contributed by atoms with E-state index in [9.17, 15) is 4.79 Å².